The van der Waals surface area contributed by atoms with E-state index in [1.807, 2.05) is 48.2 Å². The lowest BCUT2D eigenvalue weighted by Crippen LogP contribution is -2.26. The number of hydrogen-bond acceptors (Lipinski definition) is 9. The monoisotopic (exact) mass is 407 g/mol. The highest BCUT2D eigenvalue weighted by molar-refractivity contribution is 7.99. The van der Waals surface area contributed by atoms with E-state index in [1.54, 1.807) is 19.3 Å². The van der Waals surface area contributed by atoms with Crippen molar-refractivity contribution in [3.8, 4) is 17.5 Å². The van der Waals surface area contributed by atoms with E-state index in [0.717, 1.165) is 23.1 Å². The van der Waals surface area contributed by atoms with Crippen LogP contribution < -0.4 is 9.80 Å². The molecule has 3 aromatic rings. The van der Waals surface area contributed by atoms with Gasteiger partial charge in [-0.15, -0.1) is 10.2 Å². The van der Waals surface area contributed by atoms with Crippen LogP contribution in [0.5, 0.6) is 0 Å². The van der Waals surface area contributed by atoms with Gasteiger partial charge in [-0.3, -0.25) is 4.79 Å². The fourth-order valence-electron chi connectivity index (χ4n) is 3.24. The summed E-state index contributed by atoms with van der Waals surface area (Å²) in [4.78, 5) is 16.5. The minimum absolute atomic E-state index is 0.0103. The number of hydrogen-bond donors (Lipinski definition) is 0. The number of allylic oxidation sites excluding steroid dienone is 1. The second-order valence-electron chi connectivity index (χ2n) is 6.39. The molecule has 1 aliphatic heterocycles. The molecule has 0 spiro atoms. The molecule has 0 atom stereocenters. The molecular formula is C20H17N5O3S. The zero-order valence-electron chi connectivity index (χ0n) is 16.0. The standard InChI is InChI=1S/C20H17N5O3S/c1-12-13(8-9-27-12)18-22-23-20(28-18)29-11-17(26)14(10-21)19-24(2)15-6-4-5-7-16(15)25(19)3/h4-9H,11H2,1-3H3. The van der Waals surface area contributed by atoms with Gasteiger partial charge >= 0.3 is 0 Å². The first-order valence-electron chi connectivity index (χ1n) is 8.76. The van der Waals surface area contributed by atoms with Crippen LogP contribution in [0, 0.1) is 18.3 Å². The third-order valence-electron chi connectivity index (χ3n) is 4.68. The molecule has 3 heterocycles. The first-order valence-corrected chi connectivity index (χ1v) is 9.74. The van der Waals surface area contributed by atoms with Crippen molar-refractivity contribution < 1.29 is 13.6 Å². The number of benzene rings is 1. The first-order chi connectivity index (χ1) is 14.0. The highest BCUT2D eigenvalue weighted by Crippen LogP contribution is 2.40. The molecule has 146 valence electrons. The number of anilines is 2. The molecule has 0 bridgehead atoms. The number of nitrogens with zero attached hydrogens (tertiary/aromatic N) is 5. The summed E-state index contributed by atoms with van der Waals surface area (Å²) in [5.41, 5.74) is 2.68. The van der Waals surface area contributed by atoms with Gasteiger partial charge < -0.3 is 18.6 Å². The van der Waals surface area contributed by atoms with Crippen LogP contribution in [0.3, 0.4) is 0 Å². The van der Waals surface area contributed by atoms with Gasteiger partial charge in [0.2, 0.25) is 0 Å². The van der Waals surface area contributed by atoms with Gasteiger partial charge in [-0.2, -0.15) is 5.26 Å². The number of nitriles is 1. The lowest BCUT2D eigenvalue weighted by Gasteiger charge is -2.19. The van der Waals surface area contributed by atoms with Crippen molar-refractivity contribution in [1.82, 2.24) is 10.2 Å². The molecule has 0 amide bonds. The van der Waals surface area contributed by atoms with E-state index in [2.05, 4.69) is 16.3 Å². The Balaban J connectivity index is 1.53. The smallest absolute Gasteiger partial charge is 0.277 e. The number of rotatable bonds is 5. The quantitative estimate of drug-likeness (QED) is 0.357. The molecule has 9 heteroatoms. The van der Waals surface area contributed by atoms with E-state index < -0.39 is 0 Å². The number of carbonyl (C=O) groups is 1. The summed E-state index contributed by atoms with van der Waals surface area (Å²) in [6, 6.07) is 11.5. The molecular weight excluding hydrogens is 390 g/mol. The van der Waals surface area contributed by atoms with E-state index in [9.17, 15) is 10.1 Å². The summed E-state index contributed by atoms with van der Waals surface area (Å²) in [6.45, 7) is 1.80. The molecule has 0 radical (unpaired) electrons. The lowest BCUT2D eigenvalue weighted by molar-refractivity contribution is -0.112. The van der Waals surface area contributed by atoms with Crippen molar-refractivity contribution in [1.29, 1.82) is 5.26 Å². The number of carbonyl (C=O) groups excluding carboxylic acids is 1. The van der Waals surface area contributed by atoms with Crippen LogP contribution in [0.1, 0.15) is 5.76 Å². The maximum Gasteiger partial charge on any atom is 0.277 e. The molecule has 1 aromatic carbocycles. The average molecular weight is 407 g/mol. The summed E-state index contributed by atoms with van der Waals surface area (Å²) < 4.78 is 10.8. The third kappa shape index (κ3) is 3.28. The molecule has 1 aliphatic rings. The molecule has 4 rings (SSSR count). The van der Waals surface area contributed by atoms with Crippen molar-refractivity contribution in [3.05, 3.63) is 53.7 Å². The lowest BCUT2D eigenvalue weighted by atomic mass is 10.2. The molecule has 0 aliphatic carbocycles. The minimum atomic E-state index is -0.307. The fraction of sp³-hybridized carbons (Fsp3) is 0.200. The summed E-state index contributed by atoms with van der Waals surface area (Å²) in [6.07, 6.45) is 1.54. The Labute approximate surface area is 171 Å². The van der Waals surface area contributed by atoms with E-state index in [0.29, 0.717) is 23.0 Å². The molecule has 0 N–H and O–H groups in total. The Kier molecular flexibility index (Phi) is 4.86. The molecule has 0 saturated carbocycles. The van der Waals surface area contributed by atoms with E-state index >= 15 is 0 Å². The first kappa shape index (κ1) is 18.8. The van der Waals surface area contributed by atoms with Gasteiger partial charge in [-0.25, -0.2) is 0 Å². The Morgan fingerprint density at radius 3 is 2.45 bits per heavy atom. The zero-order chi connectivity index (χ0) is 20.5. The number of para-hydroxylation sites is 2. The summed E-state index contributed by atoms with van der Waals surface area (Å²) in [5, 5.41) is 17.9. The number of ketones is 1. The third-order valence-corrected chi connectivity index (χ3v) is 5.49. The Bertz CT molecular complexity index is 1130. The number of aromatic nitrogens is 2. The van der Waals surface area contributed by atoms with Crippen molar-refractivity contribution in [2.45, 2.75) is 12.1 Å². The van der Waals surface area contributed by atoms with Crippen molar-refractivity contribution in [2.75, 3.05) is 29.6 Å². The van der Waals surface area contributed by atoms with Crippen LogP contribution in [-0.2, 0) is 4.79 Å². The van der Waals surface area contributed by atoms with Crippen molar-refractivity contribution >= 4 is 28.9 Å². The number of furan rings is 1. The predicted octanol–water partition coefficient (Wildman–Crippen LogP) is 3.62. The molecule has 0 saturated heterocycles. The SMILES string of the molecule is Cc1occc1-c1nnc(SCC(=O)C(C#N)=C2N(C)c3ccccc3N2C)o1. The number of aryl methyl sites for hydroxylation is 1. The number of fused-ring (bicyclic) bond motifs is 1. The topological polar surface area (TPSA) is 99.4 Å². The van der Waals surface area contributed by atoms with E-state index in [1.165, 1.54) is 0 Å². The van der Waals surface area contributed by atoms with Gasteiger partial charge in [0.05, 0.1) is 29.0 Å². The van der Waals surface area contributed by atoms with Crippen LogP contribution in [0.25, 0.3) is 11.5 Å². The molecule has 2 aromatic heterocycles. The highest BCUT2D eigenvalue weighted by Gasteiger charge is 2.31. The maximum atomic E-state index is 12.8. The maximum absolute atomic E-state index is 12.8. The second kappa shape index (κ2) is 7.48. The Morgan fingerprint density at radius 1 is 1.17 bits per heavy atom. The van der Waals surface area contributed by atoms with Gasteiger partial charge in [0.15, 0.2) is 5.78 Å². The summed E-state index contributed by atoms with van der Waals surface area (Å²) in [7, 11) is 3.68. The van der Waals surface area contributed by atoms with Crippen LogP contribution in [0.15, 0.2) is 62.0 Å². The number of Topliss-reactive ketones (excluding diaryl/α,β-unsaturated/α-hetero) is 1. The highest BCUT2D eigenvalue weighted by atomic mass is 32.2. The van der Waals surface area contributed by atoms with Gasteiger partial charge in [0, 0.05) is 14.1 Å². The van der Waals surface area contributed by atoms with Crippen molar-refractivity contribution in [2.24, 2.45) is 0 Å². The van der Waals surface area contributed by atoms with Crippen LogP contribution in [-0.4, -0.2) is 35.8 Å². The Morgan fingerprint density at radius 2 is 1.86 bits per heavy atom. The van der Waals surface area contributed by atoms with Gasteiger partial charge in [-0.1, -0.05) is 23.9 Å². The summed E-state index contributed by atoms with van der Waals surface area (Å²) in [5.74, 6) is 1.26. The van der Waals surface area contributed by atoms with Crippen LogP contribution >= 0.6 is 11.8 Å². The molecule has 0 fully saturated rings. The normalized spacial score (nSPS) is 12.8. The van der Waals surface area contributed by atoms with Crippen molar-refractivity contribution in [3.63, 3.8) is 0 Å². The largest absolute Gasteiger partial charge is 0.469 e. The van der Waals surface area contributed by atoms with Gasteiger partial charge in [-0.05, 0) is 25.1 Å². The number of thioether (sulfide) groups is 1. The molecule has 29 heavy (non-hydrogen) atoms. The van der Waals surface area contributed by atoms with Gasteiger partial charge in [0.25, 0.3) is 11.1 Å². The van der Waals surface area contributed by atoms with Crippen LogP contribution in [0.4, 0.5) is 11.4 Å². The average Bonchev–Trinajstić information content (AvgIpc) is 3.42. The zero-order valence-corrected chi connectivity index (χ0v) is 16.9. The van der Waals surface area contributed by atoms with E-state index in [4.69, 9.17) is 8.83 Å². The molecule has 8 nitrogen and oxygen atoms in total. The van der Waals surface area contributed by atoms with Crippen LogP contribution in [0.2, 0.25) is 0 Å². The fourth-order valence-corrected chi connectivity index (χ4v) is 3.88. The second-order valence-corrected chi connectivity index (χ2v) is 7.32. The molecule has 0 unspecified atom stereocenters. The van der Waals surface area contributed by atoms with E-state index in [-0.39, 0.29) is 22.3 Å². The summed E-state index contributed by atoms with van der Waals surface area (Å²) >= 11 is 1.10. The van der Waals surface area contributed by atoms with Gasteiger partial charge in [0.1, 0.15) is 23.2 Å². The predicted molar refractivity (Wildman–Crippen MR) is 108 cm³/mol. The minimum Gasteiger partial charge on any atom is -0.469 e. The Hall–Kier alpha value is -3.51.